The number of hydrogen-bond acceptors (Lipinski definition) is 3. The van der Waals surface area contributed by atoms with Gasteiger partial charge in [0.1, 0.15) is 0 Å². The number of fused-ring (bicyclic) bond motifs is 1. The van der Waals surface area contributed by atoms with E-state index in [2.05, 4.69) is 16.7 Å². The summed E-state index contributed by atoms with van der Waals surface area (Å²) in [5.74, 6) is 0.991. The molecule has 4 nitrogen and oxygen atoms in total. The zero-order valence-electron chi connectivity index (χ0n) is 7.77. The average Bonchev–Trinajstić information content (AvgIpc) is 2.48. The van der Waals surface area contributed by atoms with Crippen LogP contribution in [0.2, 0.25) is 0 Å². The van der Waals surface area contributed by atoms with Gasteiger partial charge in [-0.15, -0.1) is 0 Å². The number of aliphatic hydroxyl groups excluding tert-OH is 1. The second kappa shape index (κ2) is 3.65. The molecule has 2 fully saturated rings. The van der Waals surface area contributed by atoms with E-state index in [9.17, 15) is 4.21 Å². The average molecular weight is 204 g/mol. The van der Waals surface area contributed by atoms with E-state index < -0.39 is 11.0 Å². The normalized spacial score (nSPS) is 46.3. The summed E-state index contributed by atoms with van der Waals surface area (Å²) in [7, 11) is 1.18. The van der Waals surface area contributed by atoms with Crippen LogP contribution in [-0.2, 0) is 11.0 Å². The van der Waals surface area contributed by atoms with Gasteiger partial charge in [0.15, 0.2) is 0 Å². The molecular formula is C8H16N2O2S. The minimum atomic E-state index is -0.889. The molecule has 76 valence electrons. The van der Waals surface area contributed by atoms with Crippen molar-refractivity contribution in [1.82, 2.24) is 9.62 Å². The molecule has 0 aliphatic carbocycles. The fourth-order valence-electron chi connectivity index (χ4n) is 2.27. The van der Waals surface area contributed by atoms with Crippen LogP contribution in [0.1, 0.15) is 6.42 Å². The van der Waals surface area contributed by atoms with Crippen LogP contribution in [0, 0.1) is 5.92 Å². The minimum absolute atomic E-state index is 0.208. The molecule has 0 aromatic heterocycles. The third kappa shape index (κ3) is 1.66. The molecular weight excluding hydrogens is 188 g/mol. The maximum Gasteiger partial charge on any atom is 0.0935 e. The van der Waals surface area contributed by atoms with E-state index in [4.69, 9.17) is 5.11 Å². The molecule has 2 N–H and O–H groups in total. The van der Waals surface area contributed by atoms with Crippen LogP contribution in [-0.4, -0.2) is 52.3 Å². The molecule has 0 aromatic rings. The number of hydrogen-bond donors (Lipinski definition) is 2. The largest absolute Gasteiger partial charge is 0.396 e. The third-order valence-electron chi connectivity index (χ3n) is 3.17. The second-order valence-electron chi connectivity index (χ2n) is 3.94. The van der Waals surface area contributed by atoms with Crippen LogP contribution < -0.4 is 4.72 Å². The summed E-state index contributed by atoms with van der Waals surface area (Å²) in [4.78, 5) is 2.24. The van der Waals surface area contributed by atoms with Crippen molar-refractivity contribution < 1.29 is 9.32 Å². The lowest BCUT2D eigenvalue weighted by molar-refractivity contribution is 0.0884. The lowest BCUT2D eigenvalue weighted by Crippen LogP contribution is -2.53. The van der Waals surface area contributed by atoms with E-state index in [1.807, 2.05) is 0 Å². The molecule has 0 aromatic carbocycles. The summed E-state index contributed by atoms with van der Waals surface area (Å²) < 4.78 is 14.4. The summed E-state index contributed by atoms with van der Waals surface area (Å²) in [6.07, 6.45) is 0.998. The van der Waals surface area contributed by atoms with E-state index >= 15 is 0 Å². The van der Waals surface area contributed by atoms with Crippen molar-refractivity contribution >= 4 is 11.0 Å². The monoisotopic (exact) mass is 204 g/mol. The molecule has 0 amide bonds. The Bertz CT molecular complexity index is 224. The van der Waals surface area contributed by atoms with Gasteiger partial charge in [-0.25, -0.2) is 8.93 Å². The van der Waals surface area contributed by atoms with Crippen LogP contribution in [0.25, 0.3) is 0 Å². The Morgan fingerprint density at radius 3 is 3.15 bits per heavy atom. The highest BCUT2D eigenvalue weighted by molar-refractivity contribution is 7.83. The Balaban J connectivity index is 2.12. The number of aliphatic hydroxyl groups is 1. The predicted octanol–water partition coefficient (Wildman–Crippen LogP) is -1.07. The number of nitrogens with zero attached hydrogens (tertiary/aromatic N) is 1. The molecule has 2 unspecified atom stereocenters. The zero-order chi connectivity index (χ0) is 9.42. The topological polar surface area (TPSA) is 52.6 Å². The fourth-order valence-corrected chi connectivity index (χ4v) is 3.79. The van der Waals surface area contributed by atoms with Crippen LogP contribution in [0.15, 0.2) is 0 Å². The van der Waals surface area contributed by atoms with Crippen molar-refractivity contribution in [1.29, 1.82) is 0 Å². The second-order valence-corrected chi connectivity index (χ2v) is 5.20. The molecule has 2 rings (SSSR count). The Morgan fingerprint density at radius 2 is 2.46 bits per heavy atom. The molecule has 0 bridgehead atoms. The van der Waals surface area contributed by atoms with Crippen molar-refractivity contribution in [3.63, 3.8) is 0 Å². The van der Waals surface area contributed by atoms with E-state index in [0.29, 0.717) is 11.8 Å². The first-order chi connectivity index (χ1) is 6.22. The molecule has 2 heterocycles. The zero-order valence-corrected chi connectivity index (χ0v) is 8.59. The lowest BCUT2D eigenvalue weighted by Gasteiger charge is -2.38. The van der Waals surface area contributed by atoms with Crippen LogP contribution in [0.4, 0.5) is 0 Å². The maximum atomic E-state index is 11.3. The highest BCUT2D eigenvalue weighted by atomic mass is 32.2. The fraction of sp³-hybridized carbons (Fsp3) is 1.00. The maximum absolute atomic E-state index is 11.3. The number of likely N-dealkylation sites (N-methyl/N-ethyl adjacent to an activating group) is 1. The quantitative estimate of drug-likeness (QED) is 0.572. The standard InChI is InChI=1S/C8H16N2O2S/c1-10-3-2-6(4-11)8-7(10)5-13(12)9-8/h6-9,11H,2-5H2,1H3/t6-,7?,8+,13?/m1/s1. The van der Waals surface area contributed by atoms with Gasteiger partial charge in [-0.2, -0.15) is 0 Å². The van der Waals surface area contributed by atoms with Crippen LogP contribution in [0.3, 0.4) is 0 Å². The Hall–Kier alpha value is 0.0300. The van der Waals surface area contributed by atoms with Gasteiger partial charge in [0.25, 0.3) is 0 Å². The van der Waals surface area contributed by atoms with Crippen LogP contribution in [0.5, 0.6) is 0 Å². The molecule has 0 radical (unpaired) electrons. The summed E-state index contributed by atoms with van der Waals surface area (Å²) in [6, 6.07) is 0.580. The van der Waals surface area contributed by atoms with Gasteiger partial charge in [0.05, 0.1) is 16.7 Å². The molecule has 0 spiro atoms. The highest BCUT2D eigenvalue weighted by Gasteiger charge is 2.42. The van der Waals surface area contributed by atoms with Crippen molar-refractivity contribution in [3.8, 4) is 0 Å². The summed E-state index contributed by atoms with van der Waals surface area (Å²) in [5.41, 5.74) is 0. The van der Waals surface area contributed by atoms with Gasteiger partial charge in [0.2, 0.25) is 0 Å². The van der Waals surface area contributed by atoms with E-state index in [0.717, 1.165) is 13.0 Å². The van der Waals surface area contributed by atoms with Gasteiger partial charge >= 0.3 is 0 Å². The van der Waals surface area contributed by atoms with Crippen LogP contribution >= 0.6 is 0 Å². The van der Waals surface area contributed by atoms with E-state index in [-0.39, 0.29) is 18.6 Å². The van der Waals surface area contributed by atoms with Gasteiger partial charge in [-0.3, -0.25) is 0 Å². The molecule has 5 heteroatoms. The number of piperidine rings is 1. The van der Waals surface area contributed by atoms with Gasteiger partial charge in [0, 0.05) is 24.6 Å². The number of rotatable bonds is 1. The SMILES string of the molecule is CN1CC[C@H](CO)[C@@H]2NS(=O)CC21. The highest BCUT2D eigenvalue weighted by Crippen LogP contribution is 2.26. The Kier molecular flexibility index (Phi) is 2.69. The summed E-state index contributed by atoms with van der Waals surface area (Å²) in [6.45, 7) is 1.21. The van der Waals surface area contributed by atoms with Gasteiger partial charge in [-0.1, -0.05) is 0 Å². The molecule has 2 aliphatic heterocycles. The molecule has 4 atom stereocenters. The van der Waals surface area contributed by atoms with Crippen molar-refractivity contribution in [2.75, 3.05) is 26.0 Å². The Labute approximate surface area is 80.9 Å². The molecule has 2 aliphatic rings. The number of likely N-dealkylation sites (tertiary alicyclic amines) is 1. The van der Waals surface area contributed by atoms with E-state index in [1.54, 1.807) is 0 Å². The van der Waals surface area contributed by atoms with Gasteiger partial charge < -0.3 is 10.0 Å². The summed E-state index contributed by atoms with van der Waals surface area (Å²) in [5, 5.41) is 9.15. The van der Waals surface area contributed by atoms with E-state index in [1.165, 1.54) is 0 Å². The third-order valence-corrected chi connectivity index (χ3v) is 4.34. The van der Waals surface area contributed by atoms with Gasteiger partial charge in [-0.05, 0) is 20.0 Å². The first-order valence-corrected chi connectivity index (χ1v) is 6.00. The van der Waals surface area contributed by atoms with Crippen molar-refractivity contribution in [2.45, 2.75) is 18.5 Å². The smallest absolute Gasteiger partial charge is 0.0935 e. The summed E-state index contributed by atoms with van der Waals surface area (Å²) >= 11 is 0. The minimum Gasteiger partial charge on any atom is -0.396 e. The van der Waals surface area contributed by atoms with Crippen molar-refractivity contribution in [2.24, 2.45) is 5.92 Å². The number of nitrogens with one attached hydrogen (secondary N) is 1. The lowest BCUT2D eigenvalue weighted by atomic mass is 9.88. The Morgan fingerprint density at radius 1 is 1.69 bits per heavy atom. The first-order valence-electron chi connectivity index (χ1n) is 4.68. The molecule has 13 heavy (non-hydrogen) atoms. The molecule has 2 saturated heterocycles. The predicted molar refractivity (Wildman–Crippen MR) is 51.5 cm³/mol. The molecule has 0 saturated carbocycles. The first kappa shape index (κ1) is 9.58. The van der Waals surface area contributed by atoms with Crippen molar-refractivity contribution in [3.05, 3.63) is 0 Å².